The first-order valence-corrected chi connectivity index (χ1v) is 12.7. The van der Waals surface area contributed by atoms with Gasteiger partial charge in [-0.15, -0.1) is 0 Å². The summed E-state index contributed by atoms with van der Waals surface area (Å²) in [7, 11) is 0. The molecule has 184 valence electrons. The molecule has 0 amide bonds. The van der Waals surface area contributed by atoms with Crippen LogP contribution >= 0.6 is 0 Å². The zero-order chi connectivity index (χ0) is 26.3. The first-order chi connectivity index (χ1) is 19.3. The molecular formula is C35H24N4. The molecule has 0 aliphatic rings. The van der Waals surface area contributed by atoms with E-state index in [4.69, 9.17) is 4.98 Å². The summed E-state index contributed by atoms with van der Waals surface area (Å²) < 4.78 is 0. The van der Waals surface area contributed by atoms with Gasteiger partial charge in [-0.1, -0.05) is 60.4 Å². The van der Waals surface area contributed by atoms with Gasteiger partial charge in [0.2, 0.25) is 0 Å². The molecule has 0 aliphatic heterocycles. The molecule has 4 nitrogen and oxygen atoms in total. The van der Waals surface area contributed by atoms with Gasteiger partial charge in [0.1, 0.15) is 0 Å². The maximum atomic E-state index is 4.82. The lowest BCUT2D eigenvalue weighted by Gasteiger charge is -2.25. The van der Waals surface area contributed by atoms with Crippen LogP contribution in [0.5, 0.6) is 0 Å². The van der Waals surface area contributed by atoms with Gasteiger partial charge in [0.15, 0.2) is 0 Å². The topological polar surface area (TPSA) is 41.9 Å². The van der Waals surface area contributed by atoms with E-state index in [-0.39, 0.29) is 0 Å². The lowest BCUT2D eigenvalue weighted by molar-refractivity contribution is 1.21. The summed E-state index contributed by atoms with van der Waals surface area (Å²) in [5.74, 6) is 6.66. The smallest absolute Gasteiger partial charge is 0.0906 e. The van der Waals surface area contributed by atoms with Crippen molar-refractivity contribution in [3.05, 3.63) is 157 Å². The number of hydrogen-bond acceptors (Lipinski definition) is 4. The zero-order valence-corrected chi connectivity index (χ0v) is 21.1. The molecule has 6 rings (SSSR count). The van der Waals surface area contributed by atoms with E-state index in [9.17, 15) is 0 Å². The fraction of sp³-hybridized carbons (Fsp3) is 0. The van der Waals surface area contributed by atoms with E-state index in [0.717, 1.165) is 51.0 Å². The maximum absolute atomic E-state index is 4.82. The van der Waals surface area contributed by atoms with Gasteiger partial charge < -0.3 is 4.90 Å². The van der Waals surface area contributed by atoms with E-state index in [0.29, 0.717) is 0 Å². The van der Waals surface area contributed by atoms with Gasteiger partial charge in [-0.2, -0.15) is 0 Å². The standard InChI is InChI=1S/C35H24N4/c1-3-11-29(12-4-1)39(30-13-5-2-6-14-30)31-21-19-27(20-22-31)17-18-28-25-34(32-15-7-9-23-36-32)38-35(26-28)33-16-8-10-24-37-33/h1-16,19-26H. The molecule has 0 saturated carbocycles. The highest BCUT2D eigenvalue weighted by Gasteiger charge is 2.11. The fourth-order valence-electron chi connectivity index (χ4n) is 4.33. The number of benzene rings is 3. The molecule has 6 aromatic rings. The van der Waals surface area contributed by atoms with Gasteiger partial charge in [-0.05, 0) is 84.9 Å². The van der Waals surface area contributed by atoms with Crippen LogP contribution in [-0.4, -0.2) is 15.0 Å². The number of nitrogens with zero attached hydrogens (tertiary/aromatic N) is 4. The molecule has 39 heavy (non-hydrogen) atoms. The Kier molecular flexibility index (Phi) is 6.88. The Hall–Kier alpha value is -5.53. The van der Waals surface area contributed by atoms with Crippen molar-refractivity contribution in [2.75, 3.05) is 4.90 Å². The second-order valence-corrected chi connectivity index (χ2v) is 8.86. The van der Waals surface area contributed by atoms with Crippen molar-refractivity contribution in [2.24, 2.45) is 0 Å². The van der Waals surface area contributed by atoms with Gasteiger partial charge in [0.05, 0.1) is 22.8 Å². The summed E-state index contributed by atoms with van der Waals surface area (Å²) >= 11 is 0. The fourth-order valence-corrected chi connectivity index (χ4v) is 4.33. The maximum Gasteiger partial charge on any atom is 0.0906 e. The van der Waals surface area contributed by atoms with Gasteiger partial charge in [0, 0.05) is 40.6 Å². The molecule has 3 aromatic heterocycles. The van der Waals surface area contributed by atoms with E-state index in [1.807, 2.05) is 60.7 Å². The normalized spacial score (nSPS) is 10.4. The van der Waals surface area contributed by atoms with Crippen molar-refractivity contribution in [1.29, 1.82) is 0 Å². The molecule has 0 atom stereocenters. The third-order valence-electron chi connectivity index (χ3n) is 6.19. The van der Waals surface area contributed by atoms with Crippen molar-refractivity contribution in [3.8, 4) is 34.6 Å². The van der Waals surface area contributed by atoms with Gasteiger partial charge in [-0.3, -0.25) is 9.97 Å². The molecule has 0 N–H and O–H groups in total. The molecule has 0 fully saturated rings. The number of anilines is 3. The van der Waals surface area contributed by atoms with Crippen LogP contribution in [0.25, 0.3) is 22.8 Å². The van der Waals surface area contributed by atoms with Gasteiger partial charge >= 0.3 is 0 Å². The molecular weight excluding hydrogens is 476 g/mol. The van der Waals surface area contributed by atoms with Gasteiger partial charge in [-0.25, -0.2) is 4.98 Å². The highest BCUT2D eigenvalue weighted by atomic mass is 15.1. The van der Waals surface area contributed by atoms with Crippen LogP contribution in [0.4, 0.5) is 17.1 Å². The minimum absolute atomic E-state index is 0.764. The first kappa shape index (κ1) is 23.8. The molecule has 0 saturated heterocycles. The lowest BCUT2D eigenvalue weighted by atomic mass is 10.1. The van der Waals surface area contributed by atoms with E-state index in [2.05, 4.69) is 99.5 Å². The number of para-hydroxylation sites is 2. The summed E-state index contributed by atoms with van der Waals surface area (Å²) in [5, 5.41) is 0. The van der Waals surface area contributed by atoms with Crippen molar-refractivity contribution >= 4 is 17.1 Å². The SMILES string of the molecule is C(#Cc1cc(-c2ccccn2)nc(-c2ccccn2)c1)c1ccc(N(c2ccccc2)c2ccccc2)cc1. The molecule has 0 spiro atoms. The Balaban J connectivity index is 1.34. The van der Waals surface area contributed by atoms with Crippen molar-refractivity contribution in [3.63, 3.8) is 0 Å². The highest BCUT2D eigenvalue weighted by Crippen LogP contribution is 2.34. The van der Waals surface area contributed by atoms with E-state index >= 15 is 0 Å². The number of rotatable bonds is 5. The summed E-state index contributed by atoms with van der Waals surface area (Å²) in [6, 6.07) is 44.6. The molecule has 0 radical (unpaired) electrons. The monoisotopic (exact) mass is 500 g/mol. The van der Waals surface area contributed by atoms with E-state index in [1.165, 1.54) is 0 Å². The van der Waals surface area contributed by atoms with Gasteiger partial charge in [0.25, 0.3) is 0 Å². The first-order valence-electron chi connectivity index (χ1n) is 12.7. The average Bonchev–Trinajstić information content (AvgIpc) is 3.03. The minimum Gasteiger partial charge on any atom is -0.311 e. The number of aromatic nitrogens is 3. The third-order valence-corrected chi connectivity index (χ3v) is 6.19. The predicted octanol–water partition coefficient (Wildman–Crippen LogP) is 8.08. The van der Waals surface area contributed by atoms with Crippen molar-refractivity contribution in [1.82, 2.24) is 15.0 Å². The number of hydrogen-bond donors (Lipinski definition) is 0. The summed E-state index contributed by atoms with van der Waals surface area (Å²) in [6.07, 6.45) is 3.54. The Morgan fingerprint density at radius 3 is 1.36 bits per heavy atom. The van der Waals surface area contributed by atoms with Crippen molar-refractivity contribution in [2.45, 2.75) is 0 Å². The summed E-state index contributed by atoms with van der Waals surface area (Å²) in [4.78, 5) is 16.0. The van der Waals surface area contributed by atoms with Crippen LogP contribution in [-0.2, 0) is 0 Å². The zero-order valence-electron chi connectivity index (χ0n) is 21.1. The number of pyridine rings is 3. The molecule has 0 bridgehead atoms. The minimum atomic E-state index is 0.764. The predicted molar refractivity (Wildman–Crippen MR) is 158 cm³/mol. The van der Waals surface area contributed by atoms with Crippen LogP contribution in [0.1, 0.15) is 11.1 Å². The Labute approximate surface area is 228 Å². The quantitative estimate of drug-likeness (QED) is 0.224. The Morgan fingerprint density at radius 2 is 0.872 bits per heavy atom. The molecule has 0 aliphatic carbocycles. The molecule has 0 unspecified atom stereocenters. The molecule has 3 heterocycles. The van der Waals surface area contributed by atoms with Crippen LogP contribution < -0.4 is 4.90 Å². The molecule has 4 heteroatoms. The second-order valence-electron chi connectivity index (χ2n) is 8.86. The van der Waals surface area contributed by atoms with Crippen LogP contribution in [0.2, 0.25) is 0 Å². The van der Waals surface area contributed by atoms with Crippen LogP contribution in [0.15, 0.2) is 146 Å². The molecule has 3 aromatic carbocycles. The summed E-state index contributed by atoms with van der Waals surface area (Å²) in [6.45, 7) is 0. The Morgan fingerprint density at radius 1 is 0.410 bits per heavy atom. The van der Waals surface area contributed by atoms with Crippen LogP contribution in [0.3, 0.4) is 0 Å². The summed E-state index contributed by atoms with van der Waals surface area (Å²) in [5.41, 5.74) is 8.17. The van der Waals surface area contributed by atoms with Crippen LogP contribution in [0, 0.1) is 11.8 Å². The third kappa shape index (κ3) is 5.58. The largest absolute Gasteiger partial charge is 0.311 e. The lowest BCUT2D eigenvalue weighted by Crippen LogP contribution is -2.09. The van der Waals surface area contributed by atoms with E-state index < -0.39 is 0 Å². The van der Waals surface area contributed by atoms with E-state index in [1.54, 1.807) is 12.4 Å². The second kappa shape index (κ2) is 11.2. The average molecular weight is 501 g/mol. The Bertz CT molecular complexity index is 1630. The highest BCUT2D eigenvalue weighted by molar-refractivity contribution is 5.76. The van der Waals surface area contributed by atoms with Crippen molar-refractivity contribution < 1.29 is 0 Å².